The van der Waals surface area contributed by atoms with Crippen LogP contribution in [0.4, 0.5) is 5.13 Å². The number of carbonyl (C=O) groups is 1. The quantitative estimate of drug-likeness (QED) is 0.595. The SMILES string of the molecule is O=C(Nc1nc2ccccc2s1)c1ccc2n[nH]nc2c1. The van der Waals surface area contributed by atoms with Crippen molar-refractivity contribution < 1.29 is 4.79 Å². The molecule has 2 aromatic heterocycles. The summed E-state index contributed by atoms with van der Waals surface area (Å²) in [5.74, 6) is -0.209. The van der Waals surface area contributed by atoms with E-state index >= 15 is 0 Å². The van der Waals surface area contributed by atoms with Gasteiger partial charge in [0.25, 0.3) is 5.91 Å². The van der Waals surface area contributed by atoms with Crippen LogP contribution in [-0.4, -0.2) is 26.3 Å². The average molecular weight is 295 g/mol. The van der Waals surface area contributed by atoms with Crippen molar-refractivity contribution in [2.24, 2.45) is 0 Å². The molecule has 0 atom stereocenters. The molecule has 4 aromatic rings. The van der Waals surface area contributed by atoms with E-state index in [2.05, 4.69) is 25.7 Å². The lowest BCUT2D eigenvalue weighted by Gasteiger charge is -2.00. The van der Waals surface area contributed by atoms with Gasteiger partial charge in [0.05, 0.1) is 10.2 Å². The number of H-pyrrole nitrogens is 1. The summed E-state index contributed by atoms with van der Waals surface area (Å²) in [6.45, 7) is 0. The number of nitrogens with one attached hydrogen (secondary N) is 2. The van der Waals surface area contributed by atoms with Gasteiger partial charge < -0.3 is 0 Å². The minimum atomic E-state index is -0.209. The van der Waals surface area contributed by atoms with Crippen molar-refractivity contribution in [3.63, 3.8) is 0 Å². The van der Waals surface area contributed by atoms with Crippen LogP contribution in [0, 0.1) is 0 Å². The Balaban J connectivity index is 1.64. The smallest absolute Gasteiger partial charge is 0.257 e. The Morgan fingerprint density at radius 1 is 1.05 bits per heavy atom. The second kappa shape index (κ2) is 4.64. The molecular formula is C14H9N5OS. The van der Waals surface area contributed by atoms with Gasteiger partial charge in [-0.25, -0.2) is 4.98 Å². The van der Waals surface area contributed by atoms with Crippen molar-refractivity contribution in [3.05, 3.63) is 48.0 Å². The molecule has 7 heteroatoms. The number of rotatable bonds is 2. The molecular weight excluding hydrogens is 286 g/mol. The van der Waals surface area contributed by atoms with Crippen LogP contribution in [0.15, 0.2) is 42.5 Å². The topological polar surface area (TPSA) is 83.6 Å². The van der Waals surface area contributed by atoms with E-state index in [1.807, 2.05) is 24.3 Å². The van der Waals surface area contributed by atoms with Gasteiger partial charge in [-0.05, 0) is 30.3 Å². The number of aromatic amines is 1. The highest BCUT2D eigenvalue weighted by molar-refractivity contribution is 7.22. The first-order chi connectivity index (χ1) is 10.3. The number of aromatic nitrogens is 4. The van der Waals surface area contributed by atoms with Crippen LogP contribution in [0.5, 0.6) is 0 Å². The highest BCUT2D eigenvalue weighted by Gasteiger charge is 2.11. The number of anilines is 1. The highest BCUT2D eigenvalue weighted by atomic mass is 32.1. The Morgan fingerprint density at radius 3 is 2.81 bits per heavy atom. The molecule has 0 fully saturated rings. The lowest BCUT2D eigenvalue weighted by molar-refractivity contribution is 0.102. The maximum absolute atomic E-state index is 12.3. The Hall–Kier alpha value is -2.80. The Labute approximate surface area is 122 Å². The van der Waals surface area contributed by atoms with Gasteiger partial charge in [-0.3, -0.25) is 10.1 Å². The molecule has 0 aliphatic carbocycles. The van der Waals surface area contributed by atoms with Gasteiger partial charge >= 0.3 is 0 Å². The molecule has 0 saturated carbocycles. The van der Waals surface area contributed by atoms with Crippen molar-refractivity contribution in [3.8, 4) is 0 Å². The van der Waals surface area contributed by atoms with Crippen LogP contribution in [0.3, 0.4) is 0 Å². The van der Waals surface area contributed by atoms with Crippen molar-refractivity contribution in [2.75, 3.05) is 5.32 Å². The van der Waals surface area contributed by atoms with E-state index in [1.165, 1.54) is 11.3 Å². The summed E-state index contributed by atoms with van der Waals surface area (Å²) < 4.78 is 1.04. The van der Waals surface area contributed by atoms with Crippen LogP contribution in [0.2, 0.25) is 0 Å². The van der Waals surface area contributed by atoms with Crippen LogP contribution >= 0.6 is 11.3 Å². The predicted octanol–water partition coefficient (Wildman–Crippen LogP) is 2.82. The van der Waals surface area contributed by atoms with E-state index in [1.54, 1.807) is 18.2 Å². The second-order valence-corrected chi connectivity index (χ2v) is 5.50. The van der Waals surface area contributed by atoms with Crippen molar-refractivity contribution in [1.82, 2.24) is 20.4 Å². The number of hydrogen-bond acceptors (Lipinski definition) is 5. The zero-order chi connectivity index (χ0) is 14.2. The molecule has 6 nitrogen and oxygen atoms in total. The third kappa shape index (κ3) is 2.13. The van der Waals surface area contributed by atoms with Gasteiger partial charge in [0.1, 0.15) is 11.0 Å². The first-order valence-electron chi connectivity index (χ1n) is 6.27. The fourth-order valence-electron chi connectivity index (χ4n) is 2.08. The molecule has 4 rings (SSSR count). The number of thiazole rings is 1. The zero-order valence-corrected chi connectivity index (χ0v) is 11.5. The van der Waals surface area contributed by atoms with Gasteiger partial charge in [0, 0.05) is 5.56 Å². The summed E-state index contributed by atoms with van der Waals surface area (Å²) in [5.41, 5.74) is 2.79. The largest absolute Gasteiger partial charge is 0.298 e. The summed E-state index contributed by atoms with van der Waals surface area (Å²) in [6, 6.07) is 12.9. The number of benzene rings is 2. The van der Waals surface area contributed by atoms with E-state index in [0.29, 0.717) is 16.2 Å². The Bertz CT molecular complexity index is 925. The number of fused-ring (bicyclic) bond motifs is 2. The molecule has 102 valence electrons. The highest BCUT2D eigenvalue weighted by Crippen LogP contribution is 2.25. The van der Waals surface area contributed by atoms with E-state index < -0.39 is 0 Å². The van der Waals surface area contributed by atoms with Gasteiger partial charge in [0.15, 0.2) is 5.13 Å². The van der Waals surface area contributed by atoms with Crippen LogP contribution in [0.25, 0.3) is 21.3 Å². The monoisotopic (exact) mass is 295 g/mol. The number of nitrogens with zero attached hydrogens (tertiary/aromatic N) is 3. The van der Waals surface area contributed by atoms with Crippen LogP contribution in [-0.2, 0) is 0 Å². The van der Waals surface area contributed by atoms with E-state index in [0.717, 1.165) is 15.7 Å². The summed E-state index contributed by atoms with van der Waals surface area (Å²) in [7, 11) is 0. The fraction of sp³-hybridized carbons (Fsp3) is 0. The molecule has 0 saturated heterocycles. The van der Waals surface area contributed by atoms with Crippen LogP contribution < -0.4 is 5.32 Å². The third-order valence-corrected chi connectivity index (χ3v) is 4.04. The average Bonchev–Trinajstić information content (AvgIpc) is 3.11. The lowest BCUT2D eigenvalue weighted by Crippen LogP contribution is -2.11. The summed E-state index contributed by atoms with van der Waals surface area (Å²) in [5, 5.41) is 13.9. The summed E-state index contributed by atoms with van der Waals surface area (Å²) in [4.78, 5) is 16.6. The molecule has 0 radical (unpaired) electrons. The maximum atomic E-state index is 12.3. The van der Waals surface area contributed by atoms with Crippen molar-refractivity contribution >= 4 is 43.6 Å². The molecule has 0 aliphatic rings. The lowest BCUT2D eigenvalue weighted by atomic mass is 10.2. The molecule has 2 heterocycles. The predicted molar refractivity (Wildman–Crippen MR) is 81.5 cm³/mol. The molecule has 2 N–H and O–H groups in total. The molecule has 2 aromatic carbocycles. The zero-order valence-electron chi connectivity index (χ0n) is 10.7. The van der Waals surface area contributed by atoms with Crippen molar-refractivity contribution in [2.45, 2.75) is 0 Å². The van der Waals surface area contributed by atoms with E-state index in [-0.39, 0.29) is 5.91 Å². The normalized spacial score (nSPS) is 11.0. The van der Waals surface area contributed by atoms with Gasteiger partial charge in [-0.15, -0.1) is 0 Å². The summed E-state index contributed by atoms with van der Waals surface area (Å²) in [6.07, 6.45) is 0. The Kier molecular flexibility index (Phi) is 2.65. The molecule has 0 unspecified atom stereocenters. The first kappa shape index (κ1) is 12.0. The molecule has 0 aliphatic heterocycles. The molecule has 0 spiro atoms. The molecule has 1 amide bonds. The van der Waals surface area contributed by atoms with Crippen LogP contribution in [0.1, 0.15) is 10.4 Å². The molecule has 21 heavy (non-hydrogen) atoms. The maximum Gasteiger partial charge on any atom is 0.257 e. The minimum Gasteiger partial charge on any atom is -0.298 e. The second-order valence-electron chi connectivity index (χ2n) is 4.47. The Morgan fingerprint density at radius 2 is 1.90 bits per heavy atom. The standard InChI is InChI=1S/C14H9N5OS/c20-13(8-5-6-9-11(7-8)18-19-17-9)16-14-15-10-3-1-2-4-12(10)21-14/h1-7H,(H,15,16,20)(H,17,18,19). The fourth-order valence-corrected chi connectivity index (χ4v) is 2.94. The number of amides is 1. The van der Waals surface area contributed by atoms with Crippen molar-refractivity contribution in [1.29, 1.82) is 0 Å². The van der Waals surface area contributed by atoms with Gasteiger partial charge in [-0.2, -0.15) is 15.4 Å². The number of carbonyl (C=O) groups excluding carboxylic acids is 1. The third-order valence-electron chi connectivity index (χ3n) is 3.09. The summed E-state index contributed by atoms with van der Waals surface area (Å²) >= 11 is 1.45. The van der Waals surface area contributed by atoms with E-state index in [9.17, 15) is 4.79 Å². The van der Waals surface area contributed by atoms with Gasteiger partial charge in [0.2, 0.25) is 0 Å². The molecule has 0 bridgehead atoms. The van der Waals surface area contributed by atoms with E-state index in [4.69, 9.17) is 0 Å². The number of hydrogen-bond donors (Lipinski definition) is 2. The van der Waals surface area contributed by atoms with Gasteiger partial charge in [-0.1, -0.05) is 23.5 Å². The first-order valence-corrected chi connectivity index (χ1v) is 7.09. The minimum absolute atomic E-state index is 0.209. The number of para-hydroxylation sites is 1.